The van der Waals surface area contributed by atoms with Gasteiger partial charge in [-0.15, -0.1) is 0 Å². The van der Waals surface area contributed by atoms with Crippen LogP contribution in [0.4, 0.5) is 0 Å². The Bertz CT molecular complexity index is 602. The highest BCUT2D eigenvalue weighted by Gasteiger charge is 2.34. The van der Waals surface area contributed by atoms with Crippen molar-refractivity contribution in [2.45, 2.75) is 25.3 Å². The normalized spacial score (nSPS) is 13.0. The average molecular weight is 287 g/mol. The second kappa shape index (κ2) is 6.14. The molecular weight excluding hydrogens is 266 g/mol. The monoisotopic (exact) mass is 287 g/mol. The molecule has 0 aliphatic rings. The number of rotatable bonds is 5. The first-order valence-electron chi connectivity index (χ1n) is 6.91. The van der Waals surface area contributed by atoms with Gasteiger partial charge in [-0.1, -0.05) is 44.2 Å². The molecule has 1 N–H and O–H groups in total. The van der Waals surface area contributed by atoms with Crippen molar-refractivity contribution in [2.24, 2.45) is 0 Å². The summed E-state index contributed by atoms with van der Waals surface area (Å²) in [5, 5.41) is 3.28. The minimum Gasteiger partial charge on any atom is -0.463 e. The van der Waals surface area contributed by atoms with Gasteiger partial charge in [0.15, 0.2) is 0 Å². The topological polar surface area (TPSA) is 51.5 Å². The number of furan rings is 1. The third-order valence-corrected chi connectivity index (χ3v) is 3.83. The number of hydrogen-bond acceptors (Lipinski definition) is 4. The van der Waals surface area contributed by atoms with E-state index in [1.807, 2.05) is 31.3 Å². The summed E-state index contributed by atoms with van der Waals surface area (Å²) in [5.74, 6) is 0.469. The molecule has 4 heteroatoms. The zero-order valence-corrected chi connectivity index (χ0v) is 12.8. The first-order valence-corrected chi connectivity index (χ1v) is 6.91. The Morgan fingerprint density at radius 3 is 2.43 bits per heavy atom. The van der Waals surface area contributed by atoms with Crippen LogP contribution in [0.3, 0.4) is 0 Å². The maximum atomic E-state index is 11.5. The Balaban J connectivity index is 2.35. The quantitative estimate of drug-likeness (QED) is 0.857. The Morgan fingerprint density at radius 1 is 1.19 bits per heavy atom. The van der Waals surface area contributed by atoms with E-state index < -0.39 is 5.97 Å². The number of likely N-dealkylation sites (N-methyl/N-ethyl adjacent to an activating group) is 1. The molecule has 1 heterocycles. The number of esters is 1. The van der Waals surface area contributed by atoms with Crippen LogP contribution in [0, 0.1) is 0 Å². The Labute approximate surface area is 125 Å². The summed E-state index contributed by atoms with van der Waals surface area (Å²) in [6.45, 7) is 4.29. The Kier molecular flexibility index (Phi) is 4.48. The lowest BCUT2D eigenvalue weighted by molar-refractivity contribution is 0.0560. The number of carbonyl (C=O) groups excluding carboxylic acids is 1. The summed E-state index contributed by atoms with van der Waals surface area (Å²) >= 11 is 0. The molecule has 1 unspecified atom stereocenters. The van der Waals surface area contributed by atoms with Crippen molar-refractivity contribution in [3.63, 3.8) is 0 Å². The van der Waals surface area contributed by atoms with E-state index in [-0.39, 0.29) is 17.2 Å². The van der Waals surface area contributed by atoms with Gasteiger partial charge in [0, 0.05) is 5.41 Å². The lowest BCUT2D eigenvalue weighted by Gasteiger charge is -2.33. The van der Waals surface area contributed by atoms with Gasteiger partial charge in [0.1, 0.15) is 5.76 Å². The van der Waals surface area contributed by atoms with Crippen LogP contribution in [-0.2, 0) is 10.2 Å². The van der Waals surface area contributed by atoms with Crippen LogP contribution in [0.2, 0.25) is 0 Å². The molecule has 0 bridgehead atoms. The van der Waals surface area contributed by atoms with Gasteiger partial charge < -0.3 is 14.5 Å². The molecule has 1 aromatic heterocycles. The molecule has 2 aromatic rings. The van der Waals surface area contributed by atoms with E-state index in [2.05, 4.69) is 36.0 Å². The van der Waals surface area contributed by atoms with Crippen molar-refractivity contribution in [1.29, 1.82) is 0 Å². The summed E-state index contributed by atoms with van der Waals surface area (Å²) in [6.07, 6.45) is 0. The van der Waals surface area contributed by atoms with Crippen molar-refractivity contribution in [2.75, 3.05) is 14.2 Å². The Hall–Kier alpha value is -2.07. The third kappa shape index (κ3) is 3.00. The molecule has 1 atom stereocenters. The second-order valence-corrected chi connectivity index (χ2v) is 5.50. The fourth-order valence-electron chi connectivity index (χ4n) is 2.61. The lowest BCUT2D eigenvalue weighted by atomic mass is 9.77. The number of ether oxygens (including phenoxy) is 1. The number of carbonyl (C=O) groups is 1. The third-order valence-electron chi connectivity index (χ3n) is 3.83. The molecule has 4 nitrogen and oxygen atoms in total. The summed E-state index contributed by atoms with van der Waals surface area (Å²) in [7, 11) is 3.23. The number of methoxy groups -OCH3 is 1. The van der Waals surface area contributed by atoms with E-state index >= 15 is 0 Å². The van der Waals surface area contributed by atoms with E-state index in [0.717, 1.165) is 0 Å². The van der Waals surface area contributed by atoms with E-state index in [4.69, 9.17) is 4.42 Å². The van der Waals surface area contributed by atoms with E-state index in [9.17, 15) is 4.79 Å². The van der Waals surface area contributed by atoms with Crippen LogP contribution in [-0.4, -0.2) is 20.1 Å². The lowest BCUT2D eigenvalue weighted by Crippen LogP contribution is -2.35. The highest BCUT2D eigenvalue weighted by molar-refractivity contribution is 5.86. The number of benzene rings is 1. The fourth-order valence-corrected chi connectivity index (χ4v) is 2.61. The molecule has 0 aliphatic heterocycles. The SMILES string of the molecule is CNC(c1ccc(C(=O)OC)o1)C(C)(C)c1ccccc1. The summed E-state index contributed by atoms with van der Waals surface area (Å²) in [6, 6.07) is 13.6. The molecule has 0 saturated carbocycles. The first kappa shape index (κ1) is 15.3. The minimum absolute atomic E-state index is 0.0571. The van der Waals surface area contributed by atoms with Gasteiger partial charge in [0.2, 0.25) is 5.76 Å². The van der Waals surface area contributed by atoms with Crippen molar-refractivity contribution in [1.82, 2.24) is 5.32 Å². The molecule has 2 rings (SSSR count). The predicted molar refractivity (Wildman–Crippen MR) is 81.3 cm³/mol. The zero-order valence-electron chi connectivity index (χ0n) is 12.8. The Morgan fingerprint density at radius 2 is 1.86 bits per heavy atom. The summed E-state index contributed by atoms with van der Waals surface area (Å²) in [4.78, 5) is 11.5. The summed E-state index contributed by atoms with van der Waals surface area (Å²) in [5.41, 5.74) is 1.00. The van der Waals surface area contributed by atoms with Gasteiger partial charge in [-0.3, -0.25) is 0 Å². The van der Waals surface area contributed by atoms with E-state index in [0.29, 0.717) is 5.76 Å². The van der Waals surface area contributed by atoms with Crippen LogP contribution >= 0.6 is 0 Å². The smallest absolute Gasteiger partial charge is 0.373 e. The molecule has 0 radical (unpaired) electrons. The van der Waals surface area contributed by atoms with Gasteiger partial charge in [0.05, 0.1) is 13.2 Å². The van der Waals surface area contributed by atoms with E-state index in [1.165, 1.54) is 12.7 Å². The first-order chi connectivity index (χ1) is 10.0. The zero-order chi connectivity index (χ0) is 15.5. The van der Waals surface area contributed by atoms with Crippen molar-refractivity contribution < 1.29 is 13.9 Å². The second-order valence-electron chi connectivity index (χ2n) is 5.50. The van der Waals surface area contributed by atoms with Crippen LogP contribution < -0.4 is 5.32 Å². The molecular formula is C17H21NO3. The number of nitrogens with one attached hydrogen (secondary N) is 1. The molecule has 0 saturated heterocycles. The number of hydrogen-bond donors (Lipinski definition) is 1. The van der Waals surface area contributed by atoms with Gasteiger partial charge >= 0.3 is 5.97 Å². The van der Waals surface area contributed by atoms with Crippen LogP contribution in [0.25, 0.3) is 0 Å². The molecule has 0 aliphatic carbocycles. The molecule has 0 amide bonds. The highest BCUT2D eigenvalue weighted by atomic mass is 16.5. The maximum absolute atomic E-state index is 11.5. The van der Waals surface area contributed by atoms with Crippen molar-refractivity contribution in [3.05, 3.63) is 59.5 Å². The predicted octanol–water partition coefficient (Wildman–Crippen LogP) is 3.30. The van der Waals surface area contributed by atoms with Gasteiger partial charge in [-0.2, -0.15) is 0 Å². The van der Waals surface area contributed by atoms with E-state index in [1.54, 1.807) is 6.07 Å². The average Bonchev–Trinajstić information content (AvgIpc) is 2.97. The molecule has 0 fully saturated rings. The molecule has 112 valence electrons. The van der Waals surface area contributed by atoms with Gasteiger partial charge in [0.25, 0.3) is 0 Å². The van der Waals surface area contributed by atoms with Crippen molar-refractivity contribution >= 4 is 5.97 Å². The van der Waals surface area contributed by atoms with Gasteiger partial charge in [-0.05, 0) is 24.7 Å². The maximum Gasteiger partial charge on any atom is 0.373 e. The minimum atomic E-state index is -0.464. The molecule has 0 spiro atoms. The van der Waals surface area contributed by atoms with Crippen LogP contribution in [0.15, 0.2) is 46.9 Å². The largest absolute Gasteiger partial charge is 0.463 e. The summed E-state index contributed by atoms with van der Waals surface area (Å²) < 4.78 is 10.3. The van der Waals surface area contributed by atoms with Crippen LogP contribution in [0.5, 0.6) is 0 Å². The molecule has 1 aromatic carbocycles. The van der Waals surface area contributed by atoms with Gasteiger partial charge in [-0.25, -0.2) is 4.79 Å². The van der Waals surface area contributed by atoms with Crippen LogP contribution in [0.1, 0.15) is 41.8 Å². The fraction of sp³-hybridized carbons (Fsp3) is 0.353. The molecule has 21 heavy (non-hydrogen) atoms. The highest BCUT2D eigenvalue weighted by Crippen LogP contribution is 2.37. The van der Waals surface area contributed by atoms with Crippen molar-refractivity contribution in [3.8, 4) is 0 Å². The standard InChI is InChI=1S/C17H21NO3/c1-17(2,12-8-6-5-7-9-12)15(18-3)13-10-11-14(21-13)16(19)20-4/h5-11,15,18H,1-4H3.